The molecule has 1 aromatic heterocycles. The summed E-state index contributed by atoms with van der Waals surface area (Å²) in [4.78, 5) is 12.2. The smallest absolute Gasteiger partial charge is 0.338 e. The van der Waals surface area contributed by atoms with Crippen molar-refractivity contribution in [1.29, 1.82) is 0 Å². The number of benzene rings is 3. The SMILES string of the molecule is O=C(OCc1nnc(-c2ccccc2)o1)c1ccc(-c2ccccc2)cc1. The lowest BCUT2D eigenvalue weighted by Gasteiger charge is -2.04. The number of hydrogen-bond donors (Lipinski definition) is 0. The molecule has 0 N–H and O–H groups in total. The van der Waals surface area contributed by atoms with Crippen LogP contribution in [-0.2, 0) is 11.3 Å². The Balaban J connectivity index is 1.39. The van der Waals surface area contributed by atoms with Gasteiger partial charge in [-0.2, -0.15) is 0 Å². The van der Waals surface area contributed by atoms with Gasteiger partial charge >= 0.3 is 5.97 Å². The Hall–Kier alpha value is -3.73. The topological polar surface area (TPSA) is 65.2 Å². The van der Waals surface area contributed by atoms with E-state index in [1.807, 2.05) is 72.8 Å². The predicted molar refractivity (Wildman–Crippen MR) is 101 cm³/mol. The minimum Gasteiger partial charge on any atom is -0.452 e. The maximum atomic E-state index is 12.2. The summed E-state index contributed by atoms with van der Waals surface area (Å²) in [6.45, 7) is -0.0703. The molecule has 0 aliphatic rings. The van der Waals surface area contributed by atoms with E-state index < -0.39 is 5.97 Å². The molecule has 0 saturated heterocycles. The number of carbonyl (C=O) groups is 1. The lowest BCUT2D eigenvalue weighted by atomic mass is 10.0. The molecule has 1 heterocycles. The highest BCUT2D eigenvalue weighted by Crippen LogP contribution is 2.20. The Morgan fingerprint density at radius 2 is 1.33 bits per heavy atom. The fourth-order valence-corrected chi connectivity index (χ4v) is 2.65. The first-order chi connectivity index (χ1) is 13.3. The van der Waals surface area contributed by atoms with Crippen molar-refractivity contribution in [2.24, 2.45) is 0 Å². The molecule has 0 atom stereocenters. The van der Waals surface area contributed by atoms with Crippen LogP contribution in [0.4, 0.5) is 0 Å². The van der Waals surface area contributed by atoms with Crippen molar-refractivity contribution in [3.8, 4) is 22.6 Å². The third-order valence-electron chi connectivity index (χ3n) is 4.04. The molecule has 132 valence electrons. The minimum absolute atomic E-state index is 0.0703. The number of carbonyl (C=O) groups excluding carboxylic acids is 1. The van der Waals surface area contributed by atoms with Crippen LogP contribution in [-0.4, -0.2) is 16.2 Å². The van der Waals surface area contributed by atoms with Crippen molar-refractivity contribution in [3.05, 3.63) is 96.4 Å². The van der Waals surface area contributed by atoms with Crippen LogP contribution in [0.1, 0.15) is 16.2 Å². The van der Waals surface area contributed by atoms with Crippen LogP contribution < -0.4 is 0 Å². The van der Waals surface area contributed by atoms with Gasteiger partial charge in [0.25, 0.3) is 5.89 Å². The zero-order valence-electron chi connectivity index (χ0n) is 14.4. The molecule has 0 aliphatic heterocycles. The number of nitrogens with zero attached hydrogens (tertiary/aromatic N) is 2. The number of hydrogen-bond acceptors (Lipinski definition) is 5. The van der Waals surface area contributed by atoms with Crippen LogP contribution in [0, 0.1) is 0 Å². The highest BCUT2D eigenvalue weighted by molar-refractivity contribution is 5.90. The predicted octanol–water partition coefficient (Wildman–Crippen LogP) is 4.76. The van der Waals surface area contributed by atoms with Gasteiger partial charge in [-0.25, -0.2) is 4.79 Å². The van der Waals surface area contributed by atoms with Gasteiger partial charge in [0.2, 0.25) is 5.89 Å². The first kappa shape index (κ1) is 16.7. The van der Waals surface area contributed by atoms with Gasteiger partial charge < -0.3 is 9.15 Å². The molecule has 5 nitrogen and oxygen atoms in total. The Morgan fingerprint density at radius 3 is 2.00 bits per heavy atom. The lowest BCUT2D eigenvalue weighted by molar-refractivity contribution is 0.0438. The van der Waals surface area contributed by atoms with Gasteiger partial charge in [0, 0.05) is 5.56 Å². The second kappa shape index (κ2) is 7.66. The Morgan fingerprint density at radius 1 is 0.741 bits per heavy atom. The third kappa shape index (κ3) is 3.93. The molecule has 0 saturated carbocycles. The summed E-state index contributed by atoms with van der Waals surface area (Å²) >= 11 is 0. The zero-order chi connectivity index (χ0) is 18.5. The first-order valence-electron chi connectivity index (χ1n) is 8.50. The van der Waals surface area contributed by atoms with Crippen LogP contribution >= 0.6 is 0 Å². The molecular formula is C22H16N2O3. The normalized spacial score (nSPS) is 10.5. The molecule has 0 bridgehead atoms. The minimum atomic E-state index is -0.436. The first-order valence-corrected chi connectivity index (χ1v) is 8.50. The van der Waals surface area contributed by atoms with Crippen molar-refractivity contribution in [2.45, 2.75) is 6.61 Å². The van der Waals surface area contributed by atoms with E-state index in [9.17, 15) is 4.79 Å². The van der Waals surface area contributed by atoms with Crippen LogP contribution in [0.25, 0.3) is 22.6 Å². The number of rotatable bonds is 5. The zero-order valence-corrected chi connectivity index (χ0v) is 14.4. The molecule has 5 heteroatoms. The summed E-state index contributed by atoms with van der Waals surface area (Å²) in [5, 5.41) is 7.89. The lowest BCUT2D eigenvalue weighted by Crippen LogP contribution is -2.05. The quantitative estimate of drug-likeness (QED) is 0.482. The molecular weight excluding hydrogens is 340 g/mol. The van der Waals surface area contributed by atoms with E-state index in [4.69, 9.17) is 9.15 Å². The van der Waals surface area contributed by atoms with Crippen molar-refractivity contribution in [2.75, 3.05) is 0 Å². The summed E-state index contributed by atoms with van der Waals surface area (Å²) in [7, 11) is 0. The van der Waals surface area contributed by atoms with Crippen LogP contribution in [0.3, 0.4) is 0 Å². The van der Waals surface area contributed by atoms with E-state index in [-0.39, 0.29) is 12.5 Å². The summed E-state index contributed by atoms with van der Waals surface area (Å²) in [6, 6.07) is 26.7. The third-order valence-corrected chi connectivity index (χ3v) is 4.04. The fraction of sp³-hybridized carbons (Fsp3) is 0.0455. The summed E-state index contributed by atoms with van der Waals surface area (Å²) in [5.74, 6) is 0.214. The molecule has 3 aromatic carbocycles. The summed E-state index contributed by atoms with van der Waals surface area (Å²) in [5.41, 5.74) is 3.42. The van der Waals surface area contributed by atoms with Gasteiger partial charge in [0.1, 0.15) is 0 Å². The van der Waals surface area contributed by atoms with Crippen molar-refractivity contribution in [3.63, 3.8) is 0 Å². The molecule has 0 fully saturated rings. The summed E-state index contributed by atoms with van der Waals surface area (Å²) in [6.07, 6.45) is 0. The Kier molecular flexibility index (Phi) is 4.74. The highest BCUT2D eigenvalue weighted by atomic mass is 16.5. The maximum absolute atomic E-state index is 12.2. The van der Waals surface area contributed by atoms with Crippen LogP contribution in [0.5, 0.6) is 0 Å². The average Bonchev–Trinajstić information content (AvgIpc) is 3.22. The summed E-state index contributed by atoms with van der Waals surface area (Å²) < 4.78 is 10.8. The second-order valence-corrected chi connectivity index (χ2v) is 5.89. The van der Waals surface area contributed by atoms with Gasteiger partial charge in [0.05, 0.1) is 5.56 Å². The molecule has 0 aliphatic carbocycles. The van der Waals surface area contributed by atoms with Crippen molar-refractivity contribution >= 4 is 5.97 Å². The Labute approximate surface area is 156 Å². The monoisotopic (exact) mass is 356 g/mol. The maximum Gasteiger partial charge on any atom is 0.338 e. The van der Waals surface area contributed by atoms with Gasteiger partial charge in [-0.05, 0) is 35.4 Å². The molecule has 0 unspecified atom stereocenters. The molecule has 4 aromatic rings. The Bertz CT molecular complexity index is 1030. The second-order valence-electron chi connectivity index (χ2n) is 5.89. The van der Waals surface area contributed by atoms with Gasteiger partial charge in [-0.3, -0.25) is 0 Å². The standard InChI is InChI=1S/C22H16N2O3/c25-22(19-13-11-17(12-14-19)16-7-3-1-4-8-16)26-15-20-23-24-21(27-20)18-9-5-2-6-10-18/h1-14H,15H2. The van der Waals surface area contributed by atoms with E-state index in [0.29, 0.717) is 11.5 Å². The highest BCUT2D eigenvalue weighted by Gasteiger charge is 2.12. The number of aromatic nitrogens is 2. The molecule has 0 spiro atoms. The molecule has 0 radical (unpaired) electrons. The molecule has 0 amide bonds. The number of esters is 1. The molecule has 4 rings (SSSR count). The van der Waals surface area contributed by atoms with E-state index in [0.717, 1.165) is 16.7 Å². The largest absolute Gasteiger partial charge is 0.452 e. The molecule has 27 heavy (non-hydrogen) atoms. The van der Waals surface area contributed by atoms with Crippen molar-refractivity contribution in [1.82, 2.24) is 10.2 Å². The van der Waals surface area contributed by atoms with E-state index in [2.05, 4.69) is 10.2 Å². The number of ether oxygens (including phenoxy) is 1. The van der Waals surface area contributed by atoms with Gasteiger partial charge in [-0.15, -0.1) is 10.2 Å². The van der Waals surface area contributed by atoms with E-state index in [1.165, 1.54) is 0 Å². The average molecular weight is 356 g/mol. The van der Waals surface area contributed by atoms with E-state index in [1.54, 1.807) is 12.1 Å². The fourth-order valence-electron chi connectivity index (χ4n) is 2.65. The van der Waals surface area contributed by atoms with E-state index >= 15 is 0 Å². The van der Waals surface area contributed by atoms with Gasteiger partial charge in [0.15, 0.2) is 6.61 Å². The van der Waals surface area contributed by atoms with Crippen LogP contribution in [0.2, 0.25) is 0 Å². The van der Waals surface area contributed by atoms with Crippen LogP contribution in [0.15, 0.2) is 89.3 Å². The van der Waals surface area contributed by atoms with Gasteiger partial charge in [-0.1, -0.05) is 60.7 Å². The van der Waals surface area contributed by atoms with Crippen molar-refractivity contribution < 1.29 is 13.9 Å².